The van der Waals surface area contributed by atoms with E-state index in [1.807, 2.05) is 24.3 Å². The van der Waals surface area contributed by atoms with Crippen molar-refractivity contribution in [2.24, 2.45) is 11.1 Å². The molecule has 1 amide bonds. The molecule has 1 atom stereocenters. The summed E-state index contributed by atoms with van der Waals surface area (Å²) in [6, 6.07) is 10.3. The lowest BCUT2D eigenvalue weighted by atomic mass is 9.68. The van der Waals surface area contributed by atoms with Crippen molar-refractivity contribution in [3.8, 4) is 6.07 Å². The summed E-state index contributed by atoms with van der Waals surface area (Å²) in [5.74, 6) is -0.336. The molecule has 0 saturated heterocycles. The first kappa shape index (κ1) is 27.1. The average molecular weight is 578 g/mol. The summed E-state index contributed by atoms with van der Waals surface area (Å²) >= 11 is 3.87. The number of thiazole rings is 1. The summed E-state index contributed by atoms with van der Waals surface area (Å²) in [6.07, 6.45) is 3.50. The molecule has 3 aromatic rings. The van der Waals surface area contributed by atoms with E-state index >= 15 is 0 Å². The minimum Gasteiger partial charge on any atom is -0.384 e. The van der Waals surface area contributed by atoms with Crippen LogP contribution < -0.4 is 16.0 Å². The molecule has 1 aliphatic carbocycles. The summed E-state index contributed by atoms with van der Waals surface area (Å²) < 4.78 is 0.575. The van der Waals surface area contributed by atoms with Crippen LogP contribution in [-0.4, -0.2) is 32.6 Å². The summed E-state index contributed by atoms with van der Waals surface area (Å²) in [5.41, 5.74) is 10.1. The summed E-state index contributed by atoms with van der Waals surface area (Å²) in [4.78, 5) is 31.8. The minimum atomic E-state index is -0.535. The second-order valence-corrected chi connectivity index (χ2v) is 13.2. The van der Waals surface area contributed by atoms with Crippen LogP contribution in [0.25, 0.3) is 0 Å². The Labute approximate surface area is 238 Å². The topological polar surface area (TPSA) is 138 Å². The number of hydrogen-bond donors (Lipinski definition) is 2. The number of benzene rings is 1. The lowest BCUT2D eigenvalue weighted by Gasteiger charge is -2.42. The molecule has 0 bridgehead atoms. The van der Waals surface area contributed by atoms with Gasteiger partial charge in [-0.3, -0.25) is 14.5 Å². The Bertz CT molecular complexity index is 1520. The molecule has 3 heterocycles. The first-order valence-corrected chi connectivity index (χ1v) is 15.1. The van der Waals surface area contributed by atoms with Crippen molar-refractivity contribution in [2.75, 3.05) is 16.0 Å². The number of aromatic nitrogens is 3. The second kappa shape index (κ2) is 10.9. The zero-order chi connectivity index (χ0) is 27.7. The highest BCUT2D eigenvalue weighted by molar-refractivity contribution is 8.01. The van der Waals surface area contributed by atoms with Gasteiger partial charge >= 0.3 is 0 Å². The molecule has 39 heavy (non-hydrogen) atoms. The van der Waals surface area contributed by atoms with Crippen LogP contribution in [-0.2, 0) is 16.0 Å². The molecular formula is C27H27N7O2S3. The molecule has 9 nitrogen and oxygen atoms in total. The Kier molecular flexibility index (Phi) is 7.57. The molecule has 1 aromatic carbocycles. The van der Waals surface area contributed by atoms with Gasteiger partial charge in [-0.2, -0.15) is 5.26 Å². The van der Waals surface area contributed by atoms with Gasteiger partial charge in [0.05, 0.1) is 23.3 Å². The van der Waals surface area contributed by atoms with Crippen molar-refractivity contribution < 1.29 is 9.59 Å². The Morgan fingerprint density at radius 1 is 1.28 bits per heavy atom. The highest BCUT2D eigenvalue weighted by Crippen LogP contribution is 2.50. The zero-order valence-corrected chi connectivity index (χ0v) is 24.2. The van der Waals surface area contributed by atoms with E-state index < -0.39 is 5.92 Å². The predicted octanol–water partition coefficient (Wildman–Crippen LogP) is 5.23. The van der Waals surface area contributed by atoms with Crippen LogP contribution in [0.1, 0.15) is 50.7 Å². The van der Waals surface area contributed by atoms with E-state index in [0.29, 0.717) is 38.6 Å². The summed E-state index contributed by atoms with van der Waals surface area (Å²) in [7, 11) is 0. The minimum absolute atomic E-state index is 0.00837. The number of thioether (sulfide) groups is 1. The molecule has 0 spiro atoms. The van der Waals surface area contributed by atoms with E-state index in [4.69, 9.17) is 5.73 Å². The van der Waals surface area contributed by atoms with Crippen molar-refractivity contribution in [3.05, 3.63) is 69.6 Å². The van der Waals surface area contributed by atoms with Gasteiger partial charge in [-0.1, -0.05) is 68.1 Å². The number of nitrogens with one attached hydrogen (secondary N) is 1. The number of nitriles is 1. The van der Waals surface area contributed by atoms with Gasteiger partial charge in [-0.25, -0.2) is 4.98 Å². The van der Waals surface area contributed by atoms with Gasteiger partial charge in [0.15, 0.2) is 15.3 Å². The molecule has 0 saturated carbocycles. The van der Waals surface area contributed by atoms with Crippen LogP contribution in [0.5, 0.6) is 0 Å². The van der Waals surface area contributed by atoms with Gasteiger partial charge in [0.2, 0.25) is 11.0 Å². The van der Waals surface area contributed by atoms with Gasteiger partial charge in [0.25, 0.3) is 0 Å². The molecule has 1 unspecified atom stereocenters. The maximum Gasteiger partial charge on any atom is 0.236 e. The third kappa shape index (κ3) is 5.48. The predicted molar refractivity (Wildman–Crippen MR) is 154 cm³/mol. The monoisotopic (exact) mass is 577 g/mol. The van der Waals surface area contributed by atoms with Gasteiger partial charge in [-0.05, 0) is 29.4 Å². The first-order chi connectivity index (χ1) is 18.7. The van der Waals surface area contributed by atoms with Crippen LogP contribution in [0.15, 0.2) is 62.8 Å². The van der Waals surface area contributed by atoms with E-state index in [1.54, 1.807) is 16.5 Å². The number of rotatable bonds is 7. The molecule has 2 aliphatic rings. The van der Waals surface area contributed by atoms with Crippen LogP contribution in [0.2, 0.25) is 0 Å². The number of carbonyl (C=O) groups excluding carboxylic acids is 2. The molecule has 1 aliphatic heterocycles. The van der Waals surface area contributed by atoms with Gasteiger partial charge in [-0.15, -0.1) is 21.5 Å². The van der Waals surface area contributed by atoms with E-state index in [1.165, 1.54) is 40.0 Å². The number of Topliss-reactive ketones (excluding diaryl/α,β-unsaturated/α-hetero) is 1. The Hall–Kier alpha value is -3.53. The van der Waals surface area contributed by atoms with Gasteiger partial charge in [0.1, 0.15) is 5.82 Å². The van der Waals surface area contributed by atoms with Crippen molar-refractivity contribution in [3.63, 3.8) is 0 Å². The third-order valence-corrected chi connectivity index (χ3v) is 9.43. The average Bonchev–Trinajstić information content (AvgIpc) is 3.58. The number of nitrogens with two attached hydrogens (primary N) is 1. The molecule has 2 aromatic heterocycles. The van der Waals surface area contributed by atoms with E-state index in [2.05, 4.69) is 47.3 Å². The fourth-order valence-electron chi connectivity index (χ4n) is 4.93. The van der Waals surface area contributed by atoms with E-state index in [-0.39, 0.29) is 28.7 Å². The van der Waals surface area contributed by atoms with E-state index in [0.717, 1.165) is 17.7 Å². The number of ketones is 1. The van der Waals surface area contributed by atoms with Crippen LogP contribution in [0.3, 0.4) is 0 Å². The molecule has 0 radical (unpaired) electrons. The van der Waals surface area contributed by atoms with Crippen molar-refractivity contribution in [1.82, 2.24) is 15.2 Å². The number of amides is 1. The molecule has 200 valence electrons. The Balaban J connectivity index is 1.50. The fraction of sp³-hybridized carbons (Fsp3) is 0.333. The highest BCUT2D eigenvalue weighted by atomic mass is 32.2. The third-order valence-electron chi connectivity index (χ3n) is 6.69. The number of allylic oxidation sites excluding steroid dienone is 3. The normalized spacial score (nSPS) is 18.7. The van der Waals surface area contributed by atoms with Crippen LogP contribution in [0.4, 0.5) is 10.3 Å². The van der Waals surface area contributed by atoms with Crippen LogP contribution >= 0.6 is 34.4 Å². The standard InChI is InChI=1S/C27H27N7O2S3/c1-4-15-5-7-16(8-6-15)21-17(13-28)23(29)34(18-11-27(2,3)12-19(35)22(18)21)25-32-33-26(39-25)38-14-20(36)31-24-30-9-10-37-24/h5-10,21H,4,11-12,14,29H2,1-3H3,(H,30,31,36). The van der Waals surface area contributed by atoms with Gasteiger partial charge < -0.3 is 11.1 Å². The smallest absolute Gasteiger partial charge is 0.236 e. The van der Waals surface area contributed by atoms with E-state index in [9.17, 15) is 14.9 Å². The first-order valence-electron chi connectivity index (χ1n) is 12.4. The molecule has 5 rings (SSSR count). The van der Waals surface area contributed by atoms with Crippen LogP contribution in [0, 0.1) is 16.7 Å². The Morgan fingerprint density at radius 2 is 2.05 bits per heavy atom. The molecule has 0 fully saturated rings. The molecule has 12 heteroatoms. The lowest BCUT2D eigenvalue weighted by Crippen LogP contribution is -2.42. The SMILES string of the molecule is CCc1ccc(C2C(C#N)=C(N)N(c3nnc(SCC(=O)Nc4nccs4)s3)C3=C2C(=O)CC(C)(C)C3)cc1. The number of hydrogen-bond acceptors (Lipinski definition) is 11. The fourth-order valence-corrected chi connectivity index (χ4v) is 7.15. The number of carbonyl (C=O) groups is 2. The maximum absolute atomic E-state index is 13.7. The van der Waals surface area contributed by atoms with Crippen molar-refractivity contribution >= 4 is 56.4 Å². The highest BCUT2D eigenvalue weighted by Gasteiger charge is 2.45. The number of anilines is 2. The molecular weight excluding hydrogens is 551 g/mol. The summed E-state index contributed by atoms with van der Waals surface area (Å²) in [5, 5.41) is 24.4. The second-order valence-electron chi connectivity index (χ2n) is 10.1. The van der Waals surface area contributed by atoms with Crippen molar-refractivity contribution in [1.29, 1.82) is 5.26 Å². The zero-order valence-electron chi connectivity index (χ0n) is 21.7. The van der Waals surface area contributed by atoms with Crippen molar-refractivity contribution in [2.45, 2.75) is 50.3 Å². The summed E-state index contributed by atoms with van der Waals surface area (Å²) in [6.45, 7) is 6.20. The molecule has 3 N–H and O–H groups in total. The quantitative estimate of drug-likeness (QED) is 0.362. The number of aryl methyl sites for hydroxylation is 1. The largest absolute Gasteiger partial charge is 0.384 e. The Morgan fingerprint density at radius 3 is 2.72 bits per heavy atom. The maximum atomic E-state index is 13.7. The lowest BCUT2D eigenvalue weighted by molar-refractivity contribution is -0.118. The number of nitrogens with zero attached hydrogens (tertiary/aromatic N) is 5. The van der Waals surface area contributed by atoms with Gasteiger partial charge in [0, 0.05) is 29.3 Å².